The van der Waals surface area contributed by atoms with Gasteiger partial charge in [0.25, 0.3) is 0 Å². The Morgan fingerprint density at radius 2 is 2.00 bits per heavy atom. The number of hydrogen-bond donors (Lipinski definition) is 1. The molecular weight excluding hydrogens is 305 g/mol. The lowest BCUT2D eigenvalue weighted by atomic mass is 10.1. The number of carbonyl (C=O) groups excluding carboxylic acids is 2. The predicted octanol–water partition coefficient (Wildman–Crippen LogP) is 1.42. The van der Waals surface area contributed by atoms with Crippen LogP contribution in [0.1, 0.15) is 5.56 Å². The van der Waals surface area contributed by atoms with Gasteiger partial charge in [-0.15, -0.1) is 0 Å². The van der Waals surface area contributed by atoms with E-state index in [0.29, 0.717) is 5.56 Å². The normalized spacial score (nSPS) is 11.7. The highest BCUT2D eigenvalue weighted by Crippen LogP contribution is 2.04. The summed E-state index contributed by atoms with van der Waals surface area (Å²) in [5.74, 6) is -1.03. The summed E-state index contributed by atoms with van der Waals surface area (Å²) >= 11 is 3.09. The summed E-state index contributed by atoms with van der Waals surface area (Å²) in [7, 11) is 1.27. The van der Waals surface area contributed by atoms with E-state index in [1.807, 2.05) is 0 Å². The Kier molecular flexibility index (Phi) is 5.77. The quantitative estimate of drug-likeness (QED) is 0.660. The van der Waals surface area contributed by atoms with Crippen molar-refractivity contribution >= 4 is 27.8 Å². The minimum Gasteiger partial charge on any atom is -0.468 e. The number of alkyl halides is 1. The predicted molar refractivity (Wildman–Crippen MR) is 67.8 cm³/mol. The maximum atomic E-state index is 12.6. The van der Waals surface area contributed by atoms with Crippen molar-refractivity contribution in [3.63, 3.8) is 0 Å². The van der Waals surface area contributed by atoms with Gasteiger partial charge < -0.3 is 10.1 Å². The van der Waals surface area contributed by atoms with Crippen molar-refractivity contribution in [2.24, 2.45) is 0 Å². The first-order valence-electron chi connectivity index (χ1n) is 5.26. The number of ether oxygens (including phenoxy) is 1. The highest BCUT2D eigenvalue weighted by molar-refractivity contribution is 9.10. The first kappa shape index (κ1) is 14.6. The molecule has 0 aliphatic rings. The van der Waals surface area contributed by atoms with Gasteiger partial charge in [0, 0.05) is 6.54 Å². The largest absolute Gasteiger partial charge is 0.468 e. The lowest BCUT2D eigenvalue weighted by molar-refractivity contribution is -0.139. The van der Waals surface area contributed by atoms with E-state index in [1.54, 1.807) is 12.1 Å². The zero-order chi connectivity index (χ0) is 13.5. The molecule has 0 radical (unpaired) electrons. The van der Waals surface area contributed by atoms with Crippen LogP contribution in [0.3, 0.4) is 0 Å². The monoisotopic (exact) mass is 317 g/mol. The second-order valence-corrected chi connectivity index (χ2v) is 4.70. The van der Waals surface area contributed by atoms with Crippen LogP contribution in [-0.4, -0.2) is 30.4 Å². The van der Waals surface area contributed by atoms with Crippen LogP contribution in [-0.2, 0) is 20.7 Å². The summed E-state index contributed by atoms with van der Waals surface area (Å²) in [5.41, 5.74) is 0.707. The van der Waals surface area contributed by atoms with Gasteiger partial charge in [-0.25, -0.2) is 4.39 Å². The molecule has 1 N–H and O–H groups in total. The second kappa shape index (κ2) is 7.10. The molecule has 0 heterocycles. The van der Waals surface area contributed by atoms with Crippen molar-refractivity contribution in [3.05, 3.63) is 35.6 Å². The van der Waals surface area contributed by atoms with Gasteiger partial charge in [-0.2, -0.15) is 0 Å². The number of hydrogen-bond acceptors (Lipinski definition) is 3. The van der Waals surface area contributed by atoms with Crippen LogP contribution in [0.5, 0.6) is 0 Å². The van der Waals surface area contributed by atoms with Gasteiger partial charge >= 0.3 is 5.97 Å². The number of benzene rings is 1. The van der Waals surface area contributed by atoms with Crippen LogP contribution < -0.4 is 5.32 Å². The number of rotatable bonds is 5. The van der Waals surface area contributed by atoms with E-state index in [4.69, 9.17) is 0 Å². The lowest BCUT2D eigenvalue weighted by Crippen LogP contribution is -2.34. The standard InChI is InChI=1S/C12H13BrFNO3/c1-18-12(17)10(13)7-15-11(16)6-8-2-4-9(14)5-3-8/h2-5,10H,6-7H2,1H3,(H,15,16). The molecule has 1 rings (SSSR count). The Balaban J connectivity index is 2.38. The molecular formula is C12H13BrFNO3. The summed E-state index contributed by atoms with van der Waals surface area (Å²) in [6.07, 6.45) is 0.140. The van der Waals surface area contributed by atoms with Crippen LogP contribution in [0, 0.1) is 5.82 Å². The van der Waals surface area contributed by atoms with E-state index in [1.165, 1.54) is 19.2 Å². The van der Waals surface area contributed by atoms with Crippen molar-refractivity contribution < 1.29 is 18.7 Å². The average Bonchev–Trinajstić information content (AvgIpc) is 2.37. The Hall–Kier alpha value is -1.43. The highest BCUT2D eigenvalue weighted by atomic mass is 79.9. The van der Waals surface area contributed by atoms with Crippen LogP contribution in [0.15, 0.2) is 24.3 Å². The average molecular weight is 318 g/mol. The second-order valence-electron chi connectivity index (χ2n) is 3.60. The zero-order valence-corrected chi connectivity index (χ0v) is 11.4. The molecule has 0 saturated carbocycles. The third-order valence-electron chi connectivity index (χ3n) is 2.21. The smallest absolute Gasteiger partial charge is 0.321 e. The van der Waals surface area contributed by atoms with Crippen molar-refractivity contribution in [2.75, 3.05) is 13.7 Å². The molecule has 0 spiro atoms. The van der Waals surface area contributed by atoms with E-state index in [-0.39, 0.29) is 24.7 Å². The molecule has 1 amide bonds. The molecule has 0 aliphatic heterocycles. The Morgan fingerprint density at radius 1 is 1.39 bits per heavy atom. The van der Waals surface area contributed by atoms with Gasteiger partial charge in [-0.05, 0) is 17.7 Å². The number of amides is 1. The molecule has 4 nitrogen and oxygen atoms in total. The number of nitrogens with one attached hydrogen (secondary N) is 1. The minimum atomic E-state index is -0.570. The summed E-state index contributed by atoms with van der Waals surface area (Å²) in [5, 5.41) is 2.58. The van der Waals surface area contributed by atoms with Gasteiger partial charge in [-0.3, -0.25) is 9.59 Å². The van der Waals surface area contributed by atoms with Gasteiger partial charge in [0.05, 0.1) is 13.5 Å². The molecule has 18 heavy (non-hydrogen) atoms. The minimum absolute atomic E-state index is 0.140. The molecule has 0 saturated heterocycles. The first-order chi connectivity index (χ1) is 8.52. The number of methoxy groups -OCH3 is 1. The Morgan fingerprint density at radius 3 is 2.56 bits per heavy atom. The molecule has 98 valence electrons. The van der Waals surface area contributed by atoms with Crippen molar-refractivity contribution in [1.29, 1.82) is 0 Å². The van der Waals surface area contributed by atoms with E-state index < -0.39 is 10.8 Å². The molecule has 1 unspecified atom stereocenters. The van der Waals surface area contributed by atoms with E-state index in [9.17, 15) is 14.0 Å². The molecule has 1 aromatic rings. The maximum Gasteiger partial charge on any atom is 0.321 e. The highest BCUT2D eigenvalue weighted by Gasteiger charge is 2.15. The summed E-state index contributed by atoms with van der Waals surface area (Å²) in [6.45, 7) is 0.146. The fourth-order valence-electron chi connectivity index (χ4n) is 1.26. The van der Waals surface area contributed by atoms with Gasteiger partial charge in [-0.1, -0.05) is 28.1 Å². The molecule has 0 aliphatic carbocycles. The van der Waals surface area contributed by atoms with Gasteiger partial charge in [0.1, 0.15) is 10.6 Å². The van der Waals surface area contributed by atoms with Gasteiger partial charge in [0.2, 0.25) is 5.91 Å². The van der Waals surface area contributed by atoms with Crippen LogP contribution in [0.25, 0.3) is 0 Å². The van der Waals surface area contributed by atoms with Crippen molar-refractivity contribution in [3.8, 4) is 0 Å². The van der Waals surface area contributed by atoms with E-state index in [0.717, 1.165) is 0 Å². The summed E-state index contributed by atoms with van der Waals surface area (Å²) in [6, 6.07) is 5.68. The molecule has 6 heteroatoms. The van der Waals surface area contributed by atoms with Crippen LogP contribution >= 0.6 is 15.9 Å². The molecule has 0 aromatic heterocycles. The molecule has 0 fully saturated rings. The number of halogens is 2. The zero-order valence-electron chi connectivity index (χ0n) is 9.78. The summed E-state index contributed by atoms with van der Waals surface area (Å²) in [4.78, 5) is 22.0. The topological polar surface area (TPSA) is 55.4 Å². The maximum absolute atomic E-state index is 12.6. The van der Waals surface area contributed by atoms with E-state index >= 15 is 0 Å². The molecule has 1 aromatic carbocycles. The Labute approximate surface area is 113 Å². The molecule has 1 atom stereocenters. The third-order valence-corrected chi connectivity index (χ3v) is 2.91. The fraction of sp³-hybridized carbons (Fsp3) is 0.333. The third kappa shape index (κ3) is 4.83. The number of esters is 1. The number of carbonyl (C=O) groups is 2. The van der Waals surface area contributed by atoms with Crippen molar-refractivity contribution in [1.82, 2.24) is 5.32 Å². The van der Waals surface area contributed by atoms with Crippen LogP contribution in [0.2, 0.25) is 0 Å². The fourth-order valence-corrected chi connectivity index (χ4v) is 1.61. The van der Waals surface area contributed by atoms with Crippen LogP contribution in [0.4, 0.5) is 4.39 Å². The molecule has 0 bridgehead atoms. The Bertz CT molecular complexity index is 422. The SMILES string of the molecule is COC(=O)C(Br)CNC(=O)Cc1ccc(F)cc1. The first-order valence-corrected chi connectivity index (χ1v) is 6.17. The van der Waals surface area contributed by atoms with Crippen molar-refractivity contribution in [2.45, 2.75) is 11.2 Å². The van der Waals surface area contributed by atoms with E-state index in [2.05, 4.69) is 26.0 Å². The lowest BCUT2D eigenvalue weighted by Gasteiger charge is -2.09. The van der Waals surface area contributed by atoms with Gasteiger partial charge in [0.15, 0.2) is 0 Å². The summed E-state index contributed by atoms with van der Waals surface area (Å²) < 4.78 is 17.1.